The predicted octanol–water partition coefficient (Wildman–Crippen LogP) is 8.17. The van der Waals surface area contributed by atoms with Crippen molar-refractivity contribution < 1.29 is 43.9 Å². The van der Waals surface area contributed by atoms with Crippen molar-refractivity contribution in [3.05, 3.63) is 107 Å². The number of halogens is 1. The molecule has 0 bridgehead atoms. The molecule has 0 aliphatic heterocycles. The van der Waals surface area contributed by atoms with Crippen LogP contribution in [0.4, 0.5) is 22.7 Å². The third kappa shape index (κ3) is 20.0. The molecular weight excluding hydrogens is 820 g/mol. The van der Waals surface area contributed by atoms with E-state index >= 15 is 0 Å². The molecule has 4 aromatic rings. The molecule has 0 unspecified atom stereocenters. The second kappa shape index (κ2) is 29.5. The van der Waals surface area contributed by atoms with Gasteiger partial charge in [0.1, 0.15) is 35.8 Å². The van der Waals surface area contributed by atoms with Crippen molar-refractivity contribution in [1.82, 2.24) is 10.6 Å². The molecule has 17 nitrogen and oxygen atoms in total. The van der Waals surface area contributed by atoms with Crippen molar-refractivity contribution in [2.24, 2.45) is 31.5 Å². The van der Waals surface area contributed by atoms with Crippen LogP contribution < -0.4 is 16.5 Å². The monoisotopic (exact) mass is 874 g/mol. The standard InChI is InChI=1S/C22H26N4O4.C20H21N3O4.C2H7NO.ClH/c1-4-21(28)19(24-15(3)27)12-17-8-11-22(29)20(13-17)26-25-18-9-6-16(7-10-18)14-23-30-5-2;1-3-19(26)17(21-13(2)25)10-15-6-9-20(27)18(11-15)23-22-16-7-4-14(12-24)5-8-16;1-2-4-3;/h6-11,13-14,19,29H,4-5,12H2,1-3H3,(H,24,27);4-9,11-12,17,27H,3,10H2,1-2H3,(H,21,25);2-3H2,1H3;1H/b23-14-,26-25?;;;/t19-;17-;;/m00../s1. The molecule has 332 valence electrons. The Balaban J connectivity index is 0.000000564. The van der Waals surface area contributed by atoms with Gasteiger partial charge in [-0.15, -0.1) is 22.6 Å². The quantitative estimate of drug-likeness (QED) is 0.0261. The van der Waals surface area contributed by atoms with Gasteiger partial charge in [0.15, 0.2) is 11.6 Å². The summed E-state index contributed by atoms with van der Waals surface area (Å²) in [7, 11) is 0. The van der Waals surface area contributed by atoms with Gasteiger partial charge in [0.2, 0.25) is 11.8 Å². The Morgan fingerprint density at radius 3 is 1.39 bits per heavy atom. The second-order valence-corrected chi connectivity index (χ2v) is 13.0. The Morgan fingerprint density at radius 2 is 1.05 bits per heavy atom. The average Bonchev–Trinajstić information content (AvgIpc) is 3.26. The number of phenols is 2. The summed E-state index contributed by atoms with van der Waals surface area (Å²) in [4.78, 5) is 66.5. The number of nitrogens with two attached hydrogens (primary N) is 1. The lowest BCUT2D eigenvalue weighted by Crippen LogP contribution is -2.41. The zero-order valence-electron chi connectivity index (χ0n) is 35.6. The average molecular weight is 875 g/mol. The highest BCUT2D eigenvalue weighted by Gasteiger charge is 2.20. The number of hydrogen-bond acceptors (Lipinski definition) is 15. The van der Waals surface area contributed by atoms with Gasteiger partial charge < -0.3 is 30.5 Å². The maximum atomic E-state index is 12.1. The number of aromatic hydroxyl groups is 2. The molecule has 4 rings (SSSR count). The summed E-state index contributed by atoms with van der Waals surface area (Å²) in [5, 5.41) is 45.6. The minimum atomic E-state index is -0.627. The van der Waals surface area contributed by atoms with Gasteiger partial charge in [-0.2, -0.15) is 10.2 Å². The van der Waals surface area contributed by atoms with Gasteiger partial charge in [-0.3, -0.25) is 24.0 Å². The molecule has 0 fully saturated rings. The highest BCUT2D eigenvalue weighted by atomic mass is 35.5. The van der Waals surface area contributed by atoms with Crippen molar-refractivity contribution in [3.63, 3.8) is 0 Å². The van der Waals surface area contributed by atoms with Crippen molar-refractivity contribution in [1.29, 1.82) is 0 Å². The van der Waals surface area contributed by atoms with Gasteiger partial charge in [-0.25, -0.2) is 5.90 Å². The molecule has 0 saturated heterocycles. The van der Waals surface area contributed by atoms with Crippen LogP contribution in [-0.2, 0) is 41.7 Å². The summed E-state index contributed by atoms with van der Waals surface area (Å²) in [5.74, 6) is 3.77. The highest BCUT2D eigenvalue weighted by molar-refractivity contribution is 5.89. The third-order valence-electron chi connectivity index (χ3n) is 8.23. The van der Waals surface area contributed by atoms with E-state index in [0.717, 1.165) is 23.0 Å². The van der Waals surface area contributed by atoms with E-state index in [1.807, 2.05) is 26.0 Å². The van der Waals surface area contributed by atoms with Gasteiger partial charge >= 0.3 is 0 Å². The molecule has 0 heterocycles. The molecule has 0 aliphatic rings. The fourth-order valence-electron chi connectivity index (χ4n) is 5.14. The predicted molar refractivity (Wildman–Crippen MR) is 238 cm³/mol. The van der Waals surface area contributed by atoms with Crippen molar-refractivity contribution in [3.8, 4) is 11.5 Å². The summed E-state index contributed by atoms with van der Waals surface area (Å²) < 4.78 is 0. The maximum absolute atomic E-state index is 12.1. The number of aldehydes is 1. The number of azo groups is 2. The minimum absolute atomic E-state index is 0. The first kappa shape index (κ1) is 53.3. The van der Waals surface area contributed by atoms with Gasteiger partial charge in [-0.1, -0.05) is 43.3 Å². The number of rotatable bonds is 19. The molecule has 0 saturated carbocycles. The molecule has 0 radical (unpaired) electrons. The van der Waals surface area contributed by atoms with Crippen LogP contribution in [0, 0.1) is 0 Å². The van der Waals surface area contributed by atoms with E-state index in [-0.39, 0.29) is 58.7 Å². The number of oxime groups is 1. The van der Waals surface area contributed by atoms with E-state index in [1.165, 1.54) is 26.0 Å². The zero-order chi connectivity index (χ0) is 45.2. The lowest BCUT2D eigenvalue weighted by molar-refractivity contribution is -0.126. The third-order valence-corrected chi connectivity index (χ3v) is 8.23. The first-order valence-electron chi connectivity index (χ1n) is 19.5. The number of hydrogen-bond donors (Lipinski definition) is 5. The zero-order valence-corrected chi connectivity index (χ0v) is 36.4. The lowest BCUT2D eigenvalue weighted by atomic mass is 10.0. The van der Waals surface area contributed by atoms with Gasteiger partial charge in [0.25, 0.3) is 0 Å². The number of ketones is 2. The van der Waals surface area contributed by atoms with Crippen molar-refractivity contribution in [2.75, 3.05) is 13.2 Å². The normalized spacial score (nSPS) is 11.6. The van der Waals surface area contributed by atoms with Crippen LogP contribution in [-0.4, -0.2) is 71.4 Å². The number of nitrogens with one attached hydrogen (secondary N) is 2. The Kier molecular flexibility index (Phi) is 25.4. The summed E-state index contributed by atoms with van der Waals surface area (Å²) in [6.07, 6.45) is 3.57. The van der Waals surface area contributed by atoms with E-state index in [1.54, 1.807) is 80.7 Å². The minimum Gasteiger partial charge on any atom is -0.506 e. The van der Waals surface area contributed by atoms with Crippen LogP contribution in [0.15, 0.2) is 111 Å². The summed E-state index contributed by atoms with van der Waals surface area (Å²) in [5.41, 5.74) is 4.54. The van der Waals surface area contributed by atoms with Crippen molar-refractivity contribution >= 4 is 71.0 Å². The van der Waals surface area contributed by atoms with Gasteiger partial charge in [-0.05, 0) is 104 Å². The molecule has 0 aromatic heterocycles. The molecule has 4 aromatic carbocycles. The molecule has 18 heteroatoms. The maximum Gasteiger partial charge on any atom is 0.217 e. The number of amides is 2. The Morgan fingerprint density at radius 1 is 0.645 bits per heavy atom. The van der Waals surface area contributed by atoms with Crippen LogP contribution in [0.2, 0.25) is 0 Å². The molecule has 0 spiro atoms. The number of carbonyl (C=O) groups is 5. The molecule has 2 amide bonds. The first-order chi connectivity index (χ1) is 29.3. The largest absolute Gasteiger partial charge is 0.506 e. The highest BCUT2D eigenvalue weighted by Crippen LogP contribution is 2.31. The number of nitrogens with zero attached hydrogens (tertiary/aromatic N) is 5. The number of phenolic OH excluding ortho intramolecular Hbond substituents is 2. The van der Waals surface area contributed by atoms with Gasteiger partial charge in [0.05, 0.1) is 36.3 Å². The molecule has 62 heavy (non-hydrogen) atoms. The van der Waals surface area contributed by atoms with Crippen LogP contribution in [0.5, 0.6) is 11.5 Å². The summed E-state index contributed by atoms with van der Waals surface area (Å²) in [6.45, 7) is 11.0. The lowest BCUT2D eigenvalue weighted by Gasteiger charge is -2.16. The Bertz CT molecular complexity index is 2130. The van der Waals surface area contributed by atoms with Crippen molar-refractivity contribution in [2.45, 2.75) is 79.3 Å². The van der Waals surface area contributed by atoms with E-state index in [0.29, 0.717) is 55.8 Å². The topological polar surface area (TPSA) is 256 Å². The van der Waals surface area contributed by atoms with Crippen LogP contribution >= 0.6 is 12.4 Å². The molecule has 0 aliphatic carbocycles. The summed E-state index contributed by atoms with van der Waals surface area (Å²) >= 11 is 0. The number of benzene rings is 4. The fraction of sp³-hybridized carbons (Fsp3) is 0.318. The Hall–Kier alpha value is -6.69. The van der Waals surface area contributed by atoms with Crippen LogP contribution in [0.25, 0.3) is 0 Å². The summed E-state index contributed by atoms with van der Waals surface area (Å²) in [6, 6.07) is 22.1. The van der Waals surface area contributed by atoms with Gasteiger partial charge in [0, 0.05) is 32.3 Å². The fourth-order valence-corrected chi connectivity index (χ4v) is 5.14. The van der Waals surface area contributed by atoms with Crippen LogP contribution in [0.1, 0.15) is 81.4 Å². The van der Waals surface area contributed by atoms with E-state index in [2.05, 4.69) is 47.0 Å². The van der Waals surface area contributed by atoms with E-state index in [9.17, 15) is 34.2 Å². The van der Waals surface area contributed by atoms with E-state index < -0.39 is 12.1 Å². The molecule has 6 N–H and O–H groups in total. The second-order valence-electron chi connectivity index (χ2n) is 13.0. The SMILES string of the molecule is CCC(=O)[C@H](Cc1ccc(O)c(N=Nc2ccc(C=O)cc2)c1)NC(C)=O.CCO/N=C\c1ccc(N=Nc2cc(C[C@H](NC(C)=O)C(=O)CC)ccc2O)cc1.CCON.Cl. The number of Topliss-reactive ketones (excluding diaryl/α,β-unsaturated/α-hetero) is 2. The Labute approximate surface area is 367 Å². The first-order valence-corrected chi connectivity index (χ1v) is 19.5. The van der Waals surface area contributed by atoms with Crippen LogP contribution in [0.3, 0.4) is 0 Å². The molecular formula is C44H55ClN8O9. The van der Waals surface area contributed by atoms with E-state index in [4.69, 9.17) is 4.84 Å². The smallest absolute Gasteiger partial charge is 0.217 e. The number of carbonyl (C=O) groups excluding carboxylic acids is 5. The molecule has 2 atom stereocenters.